The zero-order valence-corrected chi connectivity index (χ0v) is 11.3. The molecule has 0 spiro atoms. The molecule has 3 nitrogen and oxygen atoms in total. The van der Waals surface area contributed by atoms with E-state index in [4.69, 9.17) is 15.4 Å². The summed E-state index contributed by atoms with van der Waals surface area (Å²) >= 11 is 1.15. The summed E-state index contributed by atoms with van der Waals surface area (Å²) in [5, 5.41) is 0. The van der Waals surface area contributed by atoms with Gasteiger partial charge in [0.05, 0.1) is 7.11 Å². The zero-order chi connectivity index (χ0) is 12.5. The second-order valence-corrected chi connectivity index (χ2v) is 7.16. The summed E-state index contributed by atoms with van der Waals surface area (Å²) in [5.41, 5.74) is 0.933. The third kappa shape index (κ3) is 2.80. The standard InChI is InChI=1S/C11H9ClO3S2/c1-15-9-4-2-8(3-5-9)10-6-7-11(16-10)17(12,13)14/h2-7H,1H3. The van der Waals surface area contributed by atoms with Crippen LogP contribution in [0, 0.1) is 0 Å². The van der Waals surface area contributed by atoms with Crippen LogP contribution >= 0.6 is 22.0 Å². The molecule has 17 heavy (non-hydrogen) atoms. The number of methoxy groups -OCH3 is 1. The lowest BCUT2D eigenvalue weighted by Gasteiger charge is -2.00. The highest BCUT2D eigenvalue weighted by atomic mass is 35.7. The molecule has 0 fully saturated rings. The molecular formula is C11H9ClO3S2. The van der Waals surface area contributed by atoms with Crippen LogP contribution in [0.1, 0.15) is 0 Å². The summed E-state index contributed by atoms with van der Waals surface area (Å²) in [5.74, 6) is 0.760. The van der Waals surface area contributed by atoms with E-state index in [0.29, 0.717) is 0 Å². The Balaban J connectivity index is 2.37. The van der Waals surface area contributed by atoms with Crippen LogP contribution in [0.5, 0.6) is 5.75 Å². The van der Waals surface area contributed by atoms with E-state index in [-0.39, 0.29) is 4.21 Å². The molecule has 6 heteroatoms. The Morgan fingerprint density at radius 3 is 2.24 bits per heavy atom. The van der Waals surface area contributed by atoms with Gasteiger partial charge in [-0.2, -0.15) is 0 Å². The minimum absolute atomic E-state index is 0.157. The van der Waals surface area contributed by atoms with Crippen molar-refractivity contribution >= 4 is 31.1 Å². The Labute approximate surface area is 108 Å². The van der Waals surface area contributed by atoms with Gasteiger partial charge in [-0.15, -0.1) is 11.3 Å². The molecular weight excluding hydrogens is 280 g/mol. The Hall–Kier alpha value is -1.04. The molecule has 1 aromatic heterocycles. The molecule has 2 aromatic rings. The van der Waals surface area contributed by atoms with Crippen LogP contribution in [-0.2, 0) is 9.05 Å². The highest BCUT2D eigenvalue weighted by Gasteiger charge is 2.13. The van der Waals surface area contributed by atoms with E-state index in [0.717, 1.165) is 27.5 Å². The topological polar surface area (TPSA) is 43.4 Å². The zero-order valence-electron chi connectivity index (χ0n) is 8.88. The van der Waals surface area contributed by atoms with Gasteiger partial charge in [-0.25, -0.2) is 8.42 Å². The van der Waals surface area contributed by atoms with E-state index < -0.39 is 9.05 Å². The van der Waals surface area contributed by atoms with Gasteiger partial charge in [0.2, 0.25) is 0 Å². The Kier molecular flexibility index (Phi) is 3.42. The molecule has 0 bridgehead atoms. The SMILES string of the molecule is COc1ccc(-c2ccc(S(=O)(=O)Cl)s2)cc1. The quantitative estimate of drug-likeness (QED) is 0.814. The summed E-state index contributed by atoms with van der Waals surface area (Å²) < 4.78 is 27.5. The van der Waals surface area contributed by atoms with Crippen molar-refractivity contribution < 1.29 is 13.2 Å². The predicted octanol–water partition coefficient (Wildman–Crippen LogP) is 3.35. The van der Waals surface area contributed by atoms with Gasteiger partial charge in [-0.05, 0) is 42.0 Å². The first-order chi connectivity index (χ1) is 8.00. The van der Waals surface area contributed by atoms with Crippen molar-refractivity contribution in [3.63, 3.8) is 0 Å². The van der Waals surface area contributed by atoms with Gasteiger partial charge in [0.25, 0.3) is 9.05 Å². The van der Waals surface area contributed by atoms with Crippen LogP contribution in [0.3, 0.4) is 0 Å². The molecule has 0 atom stereocenters. The monoisotopic (exact) mass is 288 g/mol. The number of benzene rings is 1. The maximum Gasteiger partial charge on any atom is 0.270 e. The summed E-state index contributed by atoms with van der Waals surface area (Å²) in [7, 11) is 3.23. The molecule has 0 saturated heterocycles. The predicted molar refractivity (Wildman–Crippen MR) is 69.3 cm³/mol. The summed E-state index contributed by atoms with van der Waals surface area (Å²) in [6, 6.07) is 10.6. The van der Waals surface area contributed by atoms with Crippen molar-refractivity contribution in [2.24, 2.45) is 0 Å². The van der Waals surface area contributed by atoms with Gasteiger partial charge < -0.3 is 4.74 Å². The highest BCUT2D eigenvalue weighted by Crippen LogP contribution is 2.32. The number of hydrogen-bond acceptors (Lipinski definition) is 4. The van der Waals surface area contributed by atoms with E-state index in [9.17, 15) is 8.42 Å². The molecule has 90 valence electrons. The molecule has 0 saturated carbocycles. The van der Waals surface area contributed by atoms with Crippen molar-refractivity contribution in [3.05, 3.63) is 36.4 Å². The van der Waals surface area contributed by atoms with Crippen LogP contribution in [0.15, 0.2) is 40.6 Å². The van der Waals surface area contributed by atoms with Crippen molar-refractivity contribution in [2.45, 2.75) is 4.21 Å². The lowest BCUT2D eigenvalue weighted by molar-refractivity contribution is 0.415. The Morgan fingerprint density at radius 2 is 1.76 bits per heavy atom. The molecule has 0 radical (unpaired) electrons. The van der Waals surface area contributed by atoms with Gasteiger partial charge in [0.1, 0.15) is 9.96 Å². The van der Waals surface area contributed by atoms with Gasteiger partial charge in [-0.1, -0.05) is 0 Å². The molecule has 0 aliphatic carbocycles. The molecule has 0 aliphatic rings. The second-order valence-electron chi connectivity index (χ2n) is 3.29. The minimum atomic E-state index is -3.64. The van der Waals surface area contributed by atoms with E-state index in [1.807, 2.05) is 24.3 Å². The van der Waals surface area contributed by atoms with E-state index >= 15 is 0 Å². The normalized spacial score (nSPS) is 11.4. The maximum atomic E-state index is 11.1. The lowest BCUT2D eigenvalue weighted by atomic mass is 10.2. The molecule has 0 unspecified atom stereocenters. The fourth-order valence-corrected chi connectivity index (χ4v) is 3.44. The first kappa shape index (κ1) is 12.4. The van der Waals surface area contributed by atoms with Crippen LogP contribution < -0.4 is 4.74 Å². The Morgan fingerprint density at radius 1 is 1.12 bits per heavy atom. The number of halogens is 1. The van der Waals surface area contributed by atoms with Crippen molar-refractivity contribution in [2.75, 3.05) is 7.11 Å². The van der Waals surface area contributed by atoms with Crippen molar-refractivity contribution in [3.8, 4) is 16.2 Å². The lowest BCUT2D eigenvalue weighted by Crippen LogP contribution is -1.83. The summed E-state index contributed by atoms with van der Waals surface area (Å²) in [6.07, 6.45) is 0. The molecule has 0 amide bonds. The van der Waals surface area contributed by atoms with Crippen LogP contribution in [0.2, 0.25) is 0 Å². The van der Waals surface area contributed by atoms with E-state index in [2.05, 4.69) is 0 Å². The average molecular weight is 289 g/mol. The van der Waals surface area contributed by atoms with Crippen LogP contribution in [-0.4, -0.2) is 15.5 Å². The van der Waals surface area contributed by atoms with Crippen LogP contribution in [0.4, 0.5) is 0 Å². The van der Waals surface area contributed by atoms with Gasteiger partial charge in [0, 0.05) is 15.6 Å². The highest BCUT2D eigenvalue weighted by molar-refractivity contribution is 8.15. The number of thiophene rings is 1. The number of rotatable bonds is 3. The van der Waals surface area contributed by atoms with Crippen molar-refractivity contribution in [1.29, 1.82) is 0 Å². The smallest absolute Gasteiger partial charge is 0.270 e. The first-order valence-corrected chi connectivity index (χ1v) is 7.82. The van der Waals surface area contributed by atoms with Crippen molar-refractivity contribution in [1.82, 2.24) is 0 Å². The van der Waals surface area contributed by atoms with E-state index in [1.165, 1.54) is 6.07 Å². The second kappa shape index (κ2) is 4.68. The first-order valence-electron chi connectivity index (χ1n) is 4.69. The molecule has 0 N–H and O–H groups in total. The number of hydrogen-bond donors (Lipinski definition) is 0. The van der Waals surface area contributed by atoms with E-state index in [1.54, 1.807) is 13.2 Å². The van der Waals surface area contributed by atoms with Gasteiger partial charge in [-0.3, -0.25) is 0 Å². The fourth-order valence-electron chi connectivity index (χ4n) is 1.36. The van der Waals surface area contributed by atoms with Gasteiger partial charge in [0.15, 0.2) is 0 Å². The Bertz CT molecular complexity index is 614. The summed E-state index contributed by atoms with van der Waals surface area (Å²) in [4.78, 5) is 0.854. The fraction of sp³-hybridized carbons (Fsp3) is 0.0909. The average Bonchev–Trinajstić information content (AvgIpc) is 2.78. The largest absolute Gasteiger partial charge is 0.497 e. The van der Waals surface area contributed by atoms with Gasteiger partial charge >= 0.3 is 0 Å². The molecule has 1 aromatic carbocycles. The minimum Gasteiger partial charge on any atom is -0.497 e. The third-order valence-corrected chi connectivity index (χ3v) is 5.42. The maximum absolute atomic E-state index is 11.1. The molecule has 1 heterocycles. The summed E-state index contributed by atoms with van der Waals surface area (Å²) in [6.45, 7) is 0. The van der Waals surface area contributed by atoms with Crippen LogP contribution in [0.25, 0.3) is 10.4 Å². The number of ether oxygens (including phenoxy) is 1. The molecule has 2 rings (SSSR count). The molecule has 0 aliphatic heterocycles. The third-order valence-electron chi connectivity index (χ3n) is 2.20.